The van der Waals surface area contributed by atoms with E-state index in [1.54, 1.807) is 26.8 Å². The Labute approximate surface area is 160 Å². The molecule has 2 aromatic rings. The van der Waals surface area contributed by atoms with Gasteiger partial charge in [-0.1, -0.05) is 54.6 Å². The summed E-state index contributed by atoms with van der Waals surface area (Å²) in [7, 11) is 0. The van der Waals surface area contributed by atoms with E-state index < -0.39 is 17.7 Å². The van der Waals surface area contributed by atoms with Gasteiger partial charge in [-0.15, -0.1) is 0 Å². The second-order valence-electron chi connectivity index (χ2n) is 7.65. The molecule has 1 aliphatic rings. The fourth-order valence-electron chi connectivity index (χ4n) is 3.42. The van der Waals surface area contributed by atoms with E-state index >= 15 is 0 Å². The third-order valence-corrected chi connectivity index (χ3v) is 4.53. The maximum atomic E-state index is 13.2. The summed E-state index contributed by atoms with van der Waals surface area (Å²) >= 11 is 0. The molecule has 0 fully saturated rings. The number of rotatable bonds is 2. The number of hydrogen-bond donors (Lipinski definition) is 0. The highest BCUT2D eigenvalue weighted by Crippen LogP contribution is 2.35. The maximum absolute atomic E-state index is 13.2. The van der Waals surface area contributed by atoms with Gasteiger partial charge in [0.15, 0.2) is 0 Å². The fraction of sp³-hybridized carbons (Fsp3) is 0.304. The topological polar surface area (TPSA) is 46.6 Å². The van der Waals surface area contributed by atoms with Gasteiger partial charge in [-0.25, -0.2) is 9.69 Å². The van der Waals surface area contributed by atoms with Gasteiger partial charge in [-0.3, -0.25) is 4.79 Å². The van der Waals surface area contributed by atoms with E-state index in [-0.39, 0.29) is 5.91 Å². The molecule has 1 atom stereocenters. The molecule has 0 spiro atoms. The summed E-state index contributed by atoms with van der Waals surface area (Å²) in [5.41, 5.74) is 2.75. The van der Waals surface area contributed by atoms with Crippen molar-refractivity contribution in [1.29, 1.82) is 0 Å². The van der Waals surface area contributed by atoms with E-state index in [4.69, 9.17) is 4.74 Å². The number of carbonyl (C=O) groups excluding carboxylic acids is 2. The van der Waals surface area contributed by atoms with Gasteiger partial charge in [-0.2, -0.15) is 0 Å². The van der Waals surface area contributed by atoms with E-state index in [1.807, 2.05) is 61.5 Å². The number of carbonyl (C=O) groups is 2. The molecule has 0 saturated heterocycles. The van der Waals surface area contributed by atoms with Crippen molar-refractivity contribution in [3.63, 3.8) is 0 Å². The highest BCUT2D eigenvalue weighted by atomic mass is 16.6. The lowest BCUT2D eigenvalue weighted by Crippen LogP contribution is -2.51. The van der Waals surface area contributed by atoms with E-state index in [0.717, 1.165) is 16.7 Å². The molecule has 0 bridgehead atoms. The second-order valence-corrected chi connectivity index (χ2v) is 7.65. The Hall–Kier alpha value is -2.88. The van der Waals surface area contributed by atoms with Crippen LogP contribution >= 0.6 is 0 Å². The van der Waals surface area contributed by atoms with Crippen LogP contribution in [-0.2, 0) is 11.2 Å². The van der Waals surface area contributed by atoms with Crippen molar-refractivity contribution >= 4 is 17.6 Å². The smallest absolute Gasteiger partial charge is 0.417 e. The molecule has 0 radical (unpaired) electrons. The lowest BCUT2D eigenvalue weighted by atomic mass is 9.85. The fourth-order valence-corrected chi connectivity index (χ4v) is 3.42. The summed E-state index contributed by atoms with van der Waals surface area (Å²) < 4.78 is 5.56. The zero-order chi connectivity index (χ0) is 19.6. The average molecular weight is 363 g/mol. The normalized spacial score (nSPS) is 18.4. The van der Waals surface area contributed by atoms with Gasteiger partial charge in [0.2, 0.25) is 0 Å². The monoisotopic (exact) mass is 363 g/mol. The van der Waals surface area contributed by atoms with Crippen LogP contribution < -0.4 is 0 Å². The van der Waals surface area contributed by atoms with Crippen LogP contribution in [0.2, 0.25) is 0 Å². The van der Waals surface area contributed by atoms with E-state index in [1.165, 1.54) is 4.90 Å². The van der Waals surface area contributed by atoms with Crippen LogP contribution in [-0.4, -0.2) is 28.5 Å². The van der Waals surface area contributed by atoms with Gasteiger partial charge < -0.3 is 4.74 Å². The molecule has 2 aromatic carbocycles. The lowest BCUT2D eigenvalue weighted by molar-refractivity contribution is 0.0197. The van der Waals surface area contributed by atoms with Crippen molar-refractivity contribution in [3.05, 3.63) is 77.4 Å². The first kappa shape index (κ1) is 18.9. The number of imide groups is 1. The quantitative estimate of drug-likeness (QED) is 0.746. The molecule has 0 aliphatic carbocycles. The summed E-state index contributed by atoms with van der Waals surface area (Å²) in [6, 6.07) is 16.9. The minimum atomic E-state index is -0.679. The molecule has 0 aromatic heterocycles. The molecule has 0 unspecified atom stereocenters. The van der Waals surface area contributed by atoms with Crippen molar-refractivity contribution < 1.29 is 14.3 Å². The van der Waals surface area contributed by atoms with Crippen LogP contribution in [0.1, 0.15) is 49.2 Å². The molecule has 3 rings (SSSR count). The van der Waals surface area contributed by atoms with E-state index in [2.05, 4.69) is 0 Å². The summed E-state index contributed by atoms with van der Waals surface area (Å²) in [5.74, 6) is -0.314. The zero-order valence-corrected chi connectivity index (χ0v) is 16.2. The van der Waals surface area contributed by atoms with Crippen molar-refractivity contribution in [3.8, 4) is 0 Å². The van der Waals surface area contributed by atoms with Crippen LogP contribution in [0, 0.1) is 0 Å². The van der Waals surface area contributed by atoms with Crippen LogP contribution in [0.5, 0.6) is 0 Å². The van der Waals surface area contributed by atoms with Crippen LogP contribution in [0.15, 0.2) is 60.7 Å². The van der Waals surface area contributed by atoms with Gasteiger partial charge in [0.05, 0.1) is 6.04 Å². The Kier molecular flexibility index (Phi) is 5.17. The molecule has 140 valence electrons. The minimum absolute atomic E-state index is 0.314. The second kappa shape index (κ2) is 7.39. The molecule has 4 nitrogen and oxygen atoms in total. The number of amides is 2. The zero-order valence-electron chi connectivity index (χ0n) is 16.2. The van der Waals surface area contributed by atoms with Gasteiger partial charge in [-0.05, 0) is 56.9 Å². The lowest BCUT2D eigenvalue weighted by Gasteiger charge is -2.38. The van der Waals surface area contributed by atoms with Gasteiger partial charge in [0.25, 0.3) is 5.91 Å². The first-order valence-corrected chi connectivity index (χ1v) is 9.18. The third-order valence-electron chi connectivity index (χ3n) is 4.53. The summed E-state index contributed by atoms with van der Waals surface area (Å²) in [5, 5.41) is 0. The van der Waals surface area contributed by atoms with Crippen LogP contribution in [0.25, 0.3) is 5.57 Å². The van der Waals surface area contributed by atoms with Crippen molar-refractivity contribution in [2.75, 3.05) is 0 Å². The Bertz CT molecular complexity index is 878. The predicted molar refractivity (Wildman–Crippen MR) is 106 cm³/mol. The number of ether oxygens (including phenoxy) is 1. The molecular weight excluding hydrogens is 338 g/mol. The number of fused-ring (bicyclic) bond motifs is 1. The summed E-state index contributed by atoms with van der Waals surface area (Å²) in [4.78, 5) is 27.4. The number of allylic oxidation sites excluding steroid dienone is 1. The molecule has 0 saturated carbocycles. The third kappa shape index (κ3) is 3.95. The van der Waals surface area contributed by atoms with Crippen LogP contribution in [0.3, 0.4) is 0 Å². The maximum Gasteiger partial charge on any atom is 0.417 e. The Morgan fingerprint density at radius 2 is 1.63 bits per heavy atom. The van der Waals surface area contributed by atoms with Gasteiger partial charge in [0, 0.05) is 5.56 Å². The number of hydrogen-bond acceptors (Lipinski definition) is 3. The predicted octanol–water partition coefficient (Wildman–Crippen LogP) is 5.09. The standard InChI is InChI=1S/C23H25NO3/c1-5-17-18-13-9-10-14-19(18)21(25)24(22(26)27-23(2,3)4)20(17)15-16-11-7-6-8-12-16/h5-14,20H,15H2,1-4H3/b17-5+/t20-/m0/s1. The first-order chi connectivity index (χ1) is 12.8. The van der Waals surface area contributed by atoms with Crippen molar-refractivity contribution in [1.82, 2.24) is 4.90 Å². The Morgan fingerprint density at radius 1 is 1.04 bits per heavy atom. The minimum Gasteiger partial charge on any atom is -0.443 e. The highest BCUT2D eigenvalue weighted by Gasteiger charge is 2.41. The Morgan fingerprint density at radius 3 is 2.22 bits per heavy atom. The summed E-state index contributed by atoms with van der Waals surface area (Å²) in [6.07, 6.45) is 1.91. The van der Waals surface area contributed by atoms with Crippen LogP contribution in [0.4, 0.5) is 4.79 Å². The number of nitrogens with zero attached hydrogens (tertiary/aromatic N) is 1. The SMILES string of the molecule is C/C=C1\c2ccccc2C(=O)N(C(=O)OC(C)(C)C)[C@H]1Cc1ccccc1. The molecule has 2 amide bonds. The van der Waals surface area contributed by atoms with Crippen molar-refractivity contribution in [2.45, 2.75) is 45.8 Å². The first-order valence-electron chi connectivity index (χ1n) is 9.18. The molecular formula is C23H25NO3. The average Bonchev–Trinajstić information content (AvgIpc) is 2.61. The molecule has 1 heterocycles. The number of benzene rings is 2. The Balaban J connectivity index is 2.09. The molecule has 27 heavy (non-hydrogen) atoms. The molecule has 0 N–H and O–H groups in total. The van der Waals surface area contributed by atoms with Gasteiger partial charge >= 0.3 is 6.09 Å². The highest BCUT2D eigenvalue weighted by molar-refractivity contribution is 6.10. The van der Waals surface area contributed by atoms with Crippen molar-refractivity contribution in [2.24, 2.45) is 0 Å². The van der Waals surface area contributed by atoms with E-state index in [0.29, 0.717) is 12.0 Å². The molecule has 4 heteroatoms. The largest absolute Gasteiger partial charge is 0.443 e. The van der Waals surface area contributed by atoms with E-state index in [9.17, 15) is 9.59 Å². The summed E-state index contributed by atoms with van der Waals surface area (Å²) in [6.45, 7) is 7.34. The molecule has 1 aliphatic heterocycles. The van der Waals surface area contributed by atoms with Gasteiger partial charge in [0.1, 0.15) is 5.60 Å².